The van der Waals surface area contributed by atoms with Gasteiger partial charge in [-0.1, -0.05) is 12.1 Å². The Kier molecular flexibility index (Phi) is 5.41. The van der Waals surface area contributed by atoms with Crippen LogP contribution in [0.1, 0.15) is 19.8 Å². The van der Waals surface area contributed by atoms with Gasteiger partial charge in [-0.25, -0.2) is 0 Å². The number of amides is 2. The minimum absolute atomic E-state index is 0.159. The van der Waals surface area contributed by atoms with Crippen molar-refractivity contribution in [1.29, 1.82) is 0 Å². The van der Waals surface area contributed by atoms with Crippen LogP contribution in [-0.4, -0.2) is 31.5 Å². The van der Waals surface area contributed by atoms with Gasteiger partial charge in [-0.05, 0) is 49.7 Å². The fraction of sp³-hybridized carbons (Fsp3) is 0.300. The molecule has 1 fully saturated rings. The molecular weight excluding hydrogens is 330 g/mol. The van der Waals surface area contributed by atoms with E-state index in [0.29, 0.717) is 17.9 Å². The molecule has 2 N–H and O–H groups in total. The minimum atomic E-state index is -0.431. The van der Waals surface area contributed by atoms with Crippen molar-refractivity contribution in [1.82, 2.24) is 0 Å². The fourth-order valence-corrected chi connectivity index (χ4v) is 2.96. The van der Waals surface area contributed by atoms with Gasteiger partial charge in [0, 0.05) is 24.3 Å². The third-order valence-corrected chi connectivity index (χ3v) is 4.39. The highest BCUT2D eigenvalue weighted by atomic mass is 16.5. The Labute approximate surface area is 153 Å². The van der Waals surface area contributed by atoms with Gasteiger partial charge in [0.05, 0.1) is 12.8 Å². The van der Waals surface area contributed by atoms with Crippen LogP contribution in [0.2, 0.25) is 0 Å². The molecule has 0 unspecified atom stereocenters. The normalized spacial score (nSPS) is 14.8. The smallest absolute Gasteiger partial charge is 0.246 e. The van der Waals surface area contributed by atoms with Crippen LogP contribution >= 0.6 is 0 Å². The molecule has 2 aromatic carbocycles. The van der Waals surface area contributed by atoms with Gasteiger partial charge in [-0.2, -0.15) is 0 Å². The lowest BCUT2D eigenvalue weighted by Gasteiger charge is -2.18. The molecule has 26 heavy (non-hydrogen) atoms. The van der Waals surface area contributed by atoms with Crippen LogP contribution in [0.25, 0.3) is 0 Å². The van der Waals surface area contributed by atoms with E-state index in [4.69, 9.17) is 4.74 Å². The van der Waals surface area contributed by atoms with Gasteiger partial charge in [-0.15, -0.1) is 0 Å². The molecule has 0 aliphatic carbocycles. The quantitative estimate of drug-likeness (QED) is 0.836. The van der Waals surface area contributed by atoms with Gasteiger partial charge < -0.3 is 20.3 Å². The van der Waals surface area contributed by atoms with Gasteiger partial charge in [0.2, 0.25) is 11.8 Å². The molecule has 3 rings (SSSR count). The SMILES string of the molecule is COc1ccccc1NC(=O)[C@@H](C)Nc1ccc(N2CCCC2=O)cc1. The van der Waals surface area contributed by atoms with E-state index in [1.54, 1.807) is 31.1 Å². The first kappa shape index (κ1) is 17.8. The number of rotatable bonds is 6. The summed E-state index contributed by atoms with van der Waals surface area (Å²) in [7, 11) is 1.57. The van der Waals surface area contributed by atoms with Gasteiger partial charge >= 0.3 is 0 Å². The molecular formula is C20H23N3O3. The standard InChI is InChI=1S/C20H23N3O3/c1-14(20(25)22-17-6-3-4-7-18(17)26-2)21-15-9-11-16(12-10-15)23-13-5-8-19(23)24/h3-4,6-7,9-12,14,21H,5,8,13H2,1-2H3,(H,22,25)/t14-/m1/s1. The predicted octanol–water partition coefficient (Wildman–Crippen LogP) is 3.26. The molecule has 0 spiro atoms. The Morgan fingerprint density at radius 2 is 1.88 bits per heavy atom. The van der Waals surface area contributed by atoms with Gasteiger partial charge in [-0.3, -0.25) is 9.59 Å². The van der Waals surface area contributed by atoms with E-state index in [1.165, 1.54) is 0 Å². The van der Waals surface area contributed by atoms with Crippen molar-refractivity contribution in [3.63, 3.8) is 0 Å². The molecule has 2 aromatic rings. The Hall–Kier alpha value is -3.02. The number of hydrogen-bond donors (Lipinski definition) is 2. The third-order valence-electron chi connectivity index (χ3n) is 4.39. The summed E-state index contributed by atoms with van der Waals surface area (Å²) in [4.78, 5) is 26.0. The van der Waals surface area contributed by atoms with Crippen LogP contribution in [0.3, 0.4) is 0 Å². The second-order valence-corrected chi connectivity index (χ2v) is 6.25. The summed E-state index contributed by atoms with van der Waals surface area (Å²) >= 11 is 0. The summed E-state index contributed by atoms with van der Waals surface area (Å²) in [5, 5.41) is 6.04. The highest BCUT2D eigenvalue weighted by Gasteiger charge is 2.21. The van der Waals surface area contributed by atoms with Crippen molar-refractivity contribution < 1.29 is 14.3 Å². The maximum absolute atomic E-state index is 12.4. The molecule has 1 saturated heterocycles. The van der Waals surface area contributed by atoms with Crippen molar-refractivity contribution in [2.24, 2.45) is 0 Å². The lowest BCUT2D eigenvalue weighted by molar-refractivity contribution is -0.117. The van der Waals surface area contributed by atoms with Gasteiger partial charge in [0.25, 0.3) is 0 Å². The Morgan fingerprint density at radius 1 is 1.15 bits per heavy atom. The number of para-hydroxylation sites is 2. The number of carbonyl (C=O) groups is 2. The molecule has 0 aromatic heterocycles. The van der Waals surface area contributed by atoms with E-state index in [9.17, 15) is 9.59 Å². The molecule has 6 nitrogen and oxygen atoms in total. The summed E-state index contributed by atoms with van der Waals surface area (Å²) in [6.07, 6.45) is 1.51. The maximum atomic E-state index is 12.4. The van der Waals surface area contributed by atoms with E-state index in [-0.39, 0.29) is 11.8 Å². The highest BCUT2D eigenvalue weighted by molar-refractivity contribution is 5.98. The summed E-state index contributed by atoms with van der Waals surface area (Å²) in [5.41, 5.74) is 2.35. The molecule has 1 heterocycles. The second kappa shape index (κ2) is 7.91. The number of carbonyl (C=O) groups excluding carboxylic acids is 2. The van der Waals surface area contributed by atoms with Crippen LogP contribution in [-0.2, 0) is 9.59 Å². The molecule has 2 amide bonds. The summed E-state index contributed by atoms with van der Waals surface area (Å²) < 4.78 is 5.25. The molecule has 1 atom stereocenters. The Morgan fingerprint density at radius 3 is 2.54 bits per heavy atom. The minimum Gasteiger partial charge on any atom is -0.495 e. The zero-order valence-corrected chi connectivity index (χ0v) is 15.0. The average Bonchev–Trinajstić information content (AvgIpc) is 3.08. The van der Waals surface area contributed by atoms with Crippen molar-refractivity contribution >= 4 is 28.9 Å². The topological polar surface area (TPSA) is 70.7 Å². The molecule has 0 saturated carbocycles. The first-order valence-corrected chi connectivity index (χ1v) is 8.69. The summed E-state index contributed by atoms with van der Waals surface area (Å²) in [6.45, 7) is 2.56. The van der Waals surface area contributed by atoms with Crippen LogP contribution < -0.4 is 20.3 Å². The van der Waals surface area contributed by atoms with E-state index in [0.717, 1.165) is 24.3 Å². The van der Waals surface area contributed by atoms with Gasteiger partial charge in [0.1, 0.15) is 11.8 Å². The van der Waals surface area contributed by atoms with Crippen LogP contribution in [0, 0.1) is 0 Å². The average molecular weight is 353 g/mol. The molecule has 6 heteroatoms. The monoisotopic (exact) mass is 353 g/mol. The van der Waals surface area contributed by atoms with Gasteiger partial charge in [0.15, 0.2) is 0 Å². The van der Waals surface area contributed by atoms with Crippen molar-refractivity contribution in [3.05, 3.63) is 48.5 Å². The van der Waals surface area contributed by atoms with Crippen molar-refractivity contribution in [3.8, 4) is 5.75 Å². The number of hydrogen-bond acceptors (Lipinski definition) is 4. The molecule has 0 radical (unpaired) electrons. The largest absolute Gasteiger partial charge is 0.495 e. The number of nitrogens with one attached hydrogen (secondary N) is 2. The number of nitrogens with zero attached hydrogens (tertiary/aromatic N) is 1. The van der Waals surface area contributed by atoms with E-state index >= 15 is 0 Å². The predicted molar refractivity (Wildman–Crippen MR) is 103 cm³/mol. The first-order valence-electron chi connectivity index (χ1n) is 8.69. The van der Waals surface area contributed by atoms with Crippen LogP contribution in [0.15, 0.2) is 48.5 Å². The number of benzene rings is 2. The number of anilines is 3. The third kappa shape index (κ3) is 3.96. The van der Waals surface area contributed by atoms with E-state index < -0.39 is 6.04 Å². The zero-order valence-electron chi connectivity index (χ0n) is 15.0. The molecule has 0 bridgehead atoms. The van der Waals surface area contributed by atoms with Crippen LogP contribution in [0.5, 0.6) is 5.75 Å². The second-order valence-electron chi connectivity index (χ2n) is 6.25. The molecule has 136 valence electrons. The summed E-state index contributed by atoms with van der Waals surface area (Å²) in [5.74, 6) is 0.622. The number of methoxy groups -OCH3 is 1. The van der Waals surface area contributed by atoms with E-state index in [2.05, 4.69) is 10.6 Å². The lowest BCUT2D eigenvalue weighted by atomic mass is 10.2. The maximum Gasteiger partial charge on any atom is 0.246 e. The summed E-state index contributed by atoms with van der Waals surface area (Å²) in [6, 6.07) is 14.4. The molecule has 1 aliphatic heterocycles. The zero-order chi connectivity index (χ0) is 18.5. The molecule has 1 aliphatic rings. The lowest BCUT2D eigenvalue weighted by Crippen LogP contribution is -2.32. The Bertz CT molecular complexity index is 789. The number of ether oxygens (including phenoxy) is 1. The van der Waals surface area contributed by atoms with Crippen LogP contribution in [0.4, 0.5) is 17.1 Å². The van der Waals surface area contributed by atoms with Crippen molar-refractivity contribution in [2.45, 2.75) is 25.8 Å². The van der Waals surface area contributed by atoms with Crippen molar-refractivity contribution in [2.75, 3.05) is 29.2 Å². The first-order chi connectivity index (χ1) is 12.6. The highest BCUT2D eigenvalue weighted by Crippen LogP contribution is 2.25. The fourth-order valence-electron chi connectivity index (χ4n) is 2.96. The Balaban J connectivity index is 1.61. The van der Waals surface area contributed by atoms with E-state index in [1.807, 2.05) is 36.4 Å².